The molecule has 2 amide bonds. The minimum atomic E-state index is -0.119. The Morgan fingerprint density at radius 1 is 0.880 bits per heavy atom. The third-order valence-corrected chi connectivity index (χ3v) is 4.43. The summed E-state index contributed by atoms with van der Waals surface area (Å²) in [6.45, 7) is 13.9. The lowest BCUT2D eigenvalue weighted by Gasteiger charge is -2.25. The monoisotopic (exact) mass is 343 g/mol. The van der Waals surface area contributed by atoms with Crippen molar-refractivity contribution in [1.29, 1.82) is 0 Å². The van der Waals surface area contributed by atoms with Gasteiger partial charge in [-0.15, -0.1) is 13.2 Å². The van der Waals surface area contributed by atoms with Gasteiger partial charge in [-0.25, -0.2) is 0 Å². The third-order valence-electron chi connectivity index (χ3n) is 4.43. The zero-order valence-corrected chi connectivity index (χ0v) is 16.2. The van der Waals surface area contributed by atoms with E-state index in [4.69, 9.17) is 0 Å². The number of anilines is 1. The van der Waals surface area contributed by atoms with E-state index in [0.29, 0.717) is 29.8 Å². The number of carbonyl (C=O) groups excluding carboxylic acids is 2. The van der Waals surface area contributed by atoms with E-state index in [9.17, 15) is 9.59 Å². The fourth-order valence-corrected chi connectivity index (χ4v) is 3.17. The van der Waals surface area contributed by atoms with E-state index < -0.39 is 0 Å². The molecule has 0 heterocycles. The molecular formula is C20H29N3O2. The van der Waals surface area contributed by atoms with E-state index in [0.717, 1.165) is 16.8 Å². The molecule has 0 spiro atoms. The van der Waals surface area contributed by atoms with Gasteiger partial charge in [0.1, 0.15) is 0 Å². The first kappa shape index (κ1) is 20.5. The van der Waals surface area contributed by atoms with E-state index >= 15 is 0 Å². The summed E-state index contributed by atoms with van der Waals surface area (Å²) in [6, 6.07) is 0. The second-order valence-electron chi connectivity index (χ2n) is 6.20. The molecule has 0 aliphatic rings. The van der Waals surface area contributed by atoms with Crippen LogP contribution in [0.25, 0.3) is 0 Å². The van der Waals surface area contributed by atoms with Crippen LogP contribution in [0.15, 0.2) is 25.3 Å². The van der Waals surface area contributed by atoms with E-state index in [-0.39, 0.29) is 11.8 Å². The summed E-state index contributed by atoms with van der Waals surface area (Å²) >= 11 is 0. The van der Waals surface area contributed by atoms with Gasteiger partial charge in [-0.3, -0.25) is 9.59 Å². The minimum Gasteiger partial charge on any atom is -0.388 e. The van der Waals surface area contributed by atoms with Crippen LogP contribution in [0.2, 0.25) is 0 Å². The van der Waals surface area contributed by atoms with Crippen molar-refractivity contribution in [2.75, 3.05) is 39.5 Å². The van der Waals surface area contributed by atoms with Crippen molar-refractivity contribution < 1.29 is 9.59 Å². The standard InChI is InChI=1S/C20H29N3O2/c1-9-11-22(7)19(24)16-13(3)17(20(25)23(8)12-10-2)15(5)18(21-6)14(16)4/h9-10,21H,1-2,11-12H2,3-8H3. The van der Waals surface area contributed by atoms with Crippen molar-refractivity contribution in [3.05, 3.63) is 53.1 Å². The highest BCUT2D eigenvalue weighted by atomic mass is 16.2. The maximum Gasteiger partial charge on any atom is 0.254 e. The lowest BCUT2D eigenvalue weighted by molar-refractivity contribution is 0.0806. The lowest BCUT2D eigenvalue weighted by atomic mass is 9.89. The van der Waals surface area contributed by atoms with Gasteiger partial charge < -0.3 is 15.1 Å². The van der Waals surface area contributed by atoms with Gasteiger partial charge >= 0.3 is 0 Å². The average molecular weight is 343 g/mol. The number of likely N-dealkylation sites (N-methyl/N-ethyl adjacent to an activating group) is 2. The molecule has 0 aromatic heterocycles. The van der Waals surface area contributed by atoms with Crippen molar-refractivity contribution >= 4 is 17.5 Å². The first-order valence-corrected chi connectivity index (χ1v) is 8.27. The van der Waals surface area contributed by atoms with E-state index in [1.165, 1.54) is 0 Å². The van der Waals surface area contributed by atoms with E-state index in [1.807, 2.05) is 20.8 Å². The average Bonchev–Trinajstić information content (AvgIpc) is 2.55. The van der Waals surface area contributed by atoms with Crippen LogP contribution in [0, 0.1) is 20.8 Å². The Labute approximate surface area is 151 Å². The summed E-state index contributed by atoms with van der Waals surface area (Å²) < 4.78 is 0. The summed E-state index contributed by atoms with van der Waals surface area (Å²) in [4.78, 5) is 29.1. The Morgan fingerprint density at radius 2 is 1.24 bits per heavy atom. The zero-order valence-electron chi connectivity index (χ0n) is 16.2. The summed E-state index contributed by atoms with van der Waals surface area (Å²) in [5, 5.41) is 3.14. The maximum absolute atomic E-state index is 12.9. The SMILES string of the molecule is C=CCN(C)C(=O)c1c(C)c(NC)c(C)c(C(=O)N(C)CC=C)c1C. The molecule has 25 heavy (non-hydrogen) atoms. The molecular weight excluding hydrogens is 314 g/mol. The molecule has 0 atom stereocenters. The molecule has 0 aliphatic carbocycles. The molecule has 1 rings (SSSR count). The summed E-state index contributed by atoms with van der Waals surface area (Å²) in [5.41, 5.74) is 4.35. The Bertz CT molecular complexity index is 652. The topological polar surface area (TPSA) is 52.7 Å². The smallest absolute Gasteiger partial charge is 0.254 e. The lowest BCUT2D eigenvalue weighted by Crippen LogP contribution is -2.32. The molecule has 1 aromatic carbocycles. The van der Waals surface area contributed by atoms with Crippen molar-refractivity contribution in [3.63, 3.8) is 0 Å². The van der Waals surface area contributed by atoms with E-state index in [2.05, 4.69) is 18.5 Å². The Morgan fingerprint density at radius 3 is 1.52 bits per heavy atom. The molecule has 5 heteroatoms. The Balaban J connectivity index is 3.67. The number of nitrogens with zero attached hydrogens (tertiary/aromatic N) is 2. The molecule has 0 radical (unpaired) electrons. The molecule has 0 unspecified atom stereocenters. The highest BCUT2D eigenvalue weighted by molar-refractivity contribution is 6.06. The van der Waals surface area contributed by atoms with Crippen LogP contribution >= 0.6 is 0 Å². The highest BCUT2D eigenvalue weighted by Gasteiger charge is 2.27. The number of hydrogen-bond donors (Lipinski definition) is 1. The molecule has 0 saturated heterocycles. The summed E-state index contributed by atoms with van der Waals surface area (Å²) in [5.74, 6) is -0.237. The van der Waals surface area contributed by atoms with Crippen LogP contribution < -0.4 is 5.32 Å². The molecule has 0 saturated carbocycles. The molecule has 0 bridgehead atoms. The van der Waals surface area contributed by atoms with Crippen LogP contribution in [0.3, 0.4) is 0 Å². The predicted octanol–water partition coefficient (Wildman–Crippen LogP) is 3.17. The predicted molar refractivity (Wildman–Crippen MR) is 105 cm³/mol. The number of hydrogen-bond acceptors (Lipinski definition) is 3. The molecule has 0 aliphatic heterocycles. The van der Waals surface area contributed by atoms with Crippen LogP contribution in [-0.2, 0) is 0 Å². The number of rotatable bonds is 7. The fraction of sp³-hybridized carbons (Fsp3) is 0.400. The van der Waals surface area contributed by atoms with Gasteiger partial charge in [0.05, 0.1) is 0 Å². The maximum atomic E-state index is 12.9. The minimum absolute atomic E-state index is 0.119. The third kappa shape index (κ3) is 3.92. The van der Waals surface area contributed by atoms with Gasteiger partial charge in [-0.2, -0.15) is 0 Å². The molecule has 0 fully saturated rings. The van der Waals surface area contributed by atoms with Gasteiger partial charge in [0.15, 0.2) is 0 Å². The van der Waals surface area contributed by atoms with Gasteiger partial charge in [0.2, 0.25) is 0 Å². The quantitative estimate of drug-likeness (QED) is 0.774. The summed E-state index contributed by atoms with van der Waals surface area (Å²) in [7, 11) is 5.26. The van der Waals surface area contributed by atoms with Gasteiger partial charge in [0.25, 0.3) is 11.8 Å². The van der Waals surface area contributed by atoms with Crippen LogP contribution in [0.1, 0.15) is 37.4 Å². The summed E-state index contributed by atoms with van der Waals surface area (Å²) in [6.07, 6.45) is 3.36. The van der Waals surface area contributed by atoms with E-state index in [1.54, 1.807) is 43.1 Å². The highest BCUT2D eigenvalue weighted by Crippen LogP contribution is 2.32. The largest absolute Gasteiger partial charge is 0.388 e. The van der Waals surface area contributed by atoms with Gasteiger partial charge in [0, 0.05) is 51.0 Å². The molecule has 136 valence electrons. The van der Waals surface area contributed by atoms with Crippen molar-refractivity contribution in [3.8, 4) is 0 Å². The van der Waals surface area contributed by atoms with Gasteiger partial charge in [-0.05, 0) is 37.5 Å². The van der Waals surface area contributed by atoms with Crippen molar-refractivity contribution in [2.24, 2.45) is 0 Å². The fourth-order valence-electron chi connectivity index (χ4n) is 3.17. The van der Waals surface area contributed by atoms with Crippen LogP contribution in [0.5, 0.6) is 0 Å². The first-order chi connectivity index (χ1) is 11.7. The molecule has 1 N–H and O–H groups in total. The Hall–Kier alpha value is -2.56. The normalized spacial score (nSPS) is 10.2. The first-order valence-electron chi connectivity index (χ1n) is 8.27. The van der Waals surface area contributed by atoms with Gasteiger partial charge in [-0.1, -0.05) is 12.2 Å². The second-order valence-corrected chi connectivity index (χ2v) is 6.20. The number of carbonyl (C=O) groups is 2. The number of benzene rings is 1. The van der Waals surface area contributed by atoms with Crippen molar-refractivity contribution in [1.82, 2.24) is 9.80 Å². The number of amides is 2. The van der Waals surface area contributed by atoms with Crippen LogP contribution in [0.4, 0.5) is 5.69 Å². The van der Waals surface area contributed by atoms with Crippen LogP contribution in [-0.4, -0.2) is 55.8 Å². The second kappa shape index (κ2) is 8.51. The zero-order chi connectivity index (χ0) is 19.3. The van der Waals surface area contributed by atoms with Crippen molar-refractivity contribution in [2.45, 2.75) is 20.8 Å². The number of nitrogens with one attached hydrogen (secondary N) is 1. The Kier molecular flexibility index (Phi) is 6.97. The molecule has 5 nitrogen and oxygen atoms in total. The molecule has 1 aromatic rings.